The third kappa shape index (κ3) is 4.58. The molecule has 1 aliphatic heterocycles. The van der Waals surface area contributed by atoms with Crippen LogP contribution in [0.3, 0.4) is 0 Å². The van der Waals surface area contributed by atoms with Gasteiger partial charge in [0.15, 0.2) is 0 Å². The number of benzene rings is 2. The van der Waals surface area contributed by atoms with Gasteiger partial charge in [-0.15, -0.1) is 0 Å². The first-order valence-corrected chi connectivity index (χ1v) is 13.6. The zero-order valence-electron chi connectivity index (χ0n) is 19.5. The molecule has 0 spiro atoms. The van der Waals surface area contributed by atoms with E-state index in [1.54, 1.807) is 11.8 Å². The van der Waals surface area contributed by atoms with Crippen LogP contribution in [0, 0.1) is 0 Å². The molecule has 0 bridgehead atoms. The normalized spacial score (nSPS) is 18.8. The number of rotatable bonds is 5. The number of nitrogens with zero attached hydrogens (tertiary/aromatic N) is 4. The van der Waals surface area contributed by atoms with E-state index in [0.717, 1.165) is 11.4 Å². The summed E-state index contributed by atoms with van der Waals surface area (Å²) in [7, 11) is 0. The molecule has 34 heavy (non-hydrogen) atoms. The Morgan fingerprint density at radius 2 is 1.09 bits per heavy atom. The van der Waals surface area contributed by atoms with Gasteiger partial charge < -0.3 is 10.6 Å². The van der Waals surface area contributed by atoms with Crippen molar-refractivity contribution in [2.75, 3.05) is 15.5 Å². The van der Waals surface area contributed by atoms with Crippen molar-refractivity contribution in [2.24, 2.45) is 0 Å². The average molecular weight is 473 g/mol. The molecule has 6 rings (SSSR count). The molecule has 2 N–H and O–H groups in total. The van der Waals surface area contributed by atoms with Gasteiger partial charge in [-0.05, 0) is 49.9 Å². The molecule has 2 aliphatic carbocycles. The van der Waals surface area contributed by atoms with Crippen LogP contribution in [0.15, 0.2) is 58.3 Å². The Bertz CT molecular complexity index is 1060. The van der Waals surface area contributed by atoms with Gasteiger partial charge >= 0.3 is 0 Å². The Balaban J connectivity index is 1.41. The minimum Gasteiger partial charge on any atom is -0.351 e. The molecule has 6 nitrogen and oxygen atoms in total. The first-order chi connectivity index (χ1) is 16.8. The molecule has 2 aromatic carbocycles. The maximum absolute atomic E-state index is 4.99. The predicted molar refractivity (Wildman–Crippen MR) is 140 cm³/mol. The molecule has 3 aliphatic rings. The maximum Gasteiger partial charge on any atom is 0.241 e. The standard InChI is InChI=1S/C27H32N6S/c1-3-11-19(12-4-1)28-25-30-26(29-20-13-5-2-6-14-20)32-27(31-25)33-21-15-7-9-17-23(21)34-24-18-10-8-16-22(24)33/h7-10,15-20H,1-6,11-14H2,(H2,28,29,30,31,32). The molecule has 2 saturated carbocycles. The molecule has 1 aromatic heterocycles. The van der Waals surface area contributed by atoms with Gasteiger partial charge in [0.05, 0.1) is 11.4 Å². The molecule has 7 heteroatoms. The van der Waals surface area contributed by atoms with E-state index in [1.807, 2.05) is 0 Å². The van der Waals surface area contributed by atoms with Gasteiger partial charge in [-0.25, -0.2) is 0 Å². The Hall–Kier alpha value is -2.80. The molecule has 2 fully saturated rings. The molecule has 0 amide bonds. The topological polar surface area (TPSA) is 66.0 Å². The van der Waals surface area contributed by atoms with Crippen LogP contribution in [0.1, 0.15) is 64.2 Å². The van der Waals surface area contributed by atoms with E-state index >= 15 is 0 Å². The van der Waals surface area contributed by atoms with Crippen molar-refractivity contribution in [1.29, 1.82) is 0 Å². The lowest BCUT2D eigenvalue weighted by Crippen LogP contribution is -2.27. The van der Waals surface area contributed by atoms with Crippen LogP contribution in [-0.2, 0) is 0 Å². The lowest BCUT2D eigenvalue weighted by Gasteiger charge is -2.32. The minimum atomic E-state index is 0.433. The highest BCUT2D eigenvalue weighted by atomic mass is 32.2. The molecule has 176 valence electrons. The third-order valence-corrected chi connectivity index (χ3v) is 8.26. The zero-order chi connectivity index (χ0) is 22.7. The van der Waals surface area contributed by atoms with Gasteiger partial charge in [0.2, 0.25) is 17.8 Å². The molecule has 0 saturated heterocycles. The van der Waals surface area contributed by atoms with E-state index in [-0.39, 0.29) is 0 Å². The van der Waals surface area contributed by atoms with Crippen LogP contribution in [0.25, 0.3) is 0 Å². The van der Waals surface area contributed by atoms with Crippen LogP contribution >= 0.6 is 11.8 Å². The van der Waals surface area contributed by atoms with Crippen LogP contribution < -0.4 is 15.5 Å². The summed E-state index contributed by atoms with van der Waals surface area (Å²) < 4.78 is 0. The Kier molecular flexibility index (Phi) is 6.27. The number of hydrogen-bond acceptors (Lipinski definition) is 7. The van der Waals surface area contributed by atoms with E-state index in [1.165, 1.54) is 74.0 Å². The average Bonchev–Trinajstić information content (AvgIpc) is 2.88. The fourth-order valence-electron chi connectivity index (χ4n) is 5.37. The van der Waals surface area contributed by atoms with Crippen LogP contribution in [0.2, 0.25) is 0 Å². The van der Waals surface area contributed by atoms with E-state index in [0.29, 0.717) is 29.9 Å². The van der Waals surface area contributed by atoms with Crippen LogP contribution in [-0.4, -0.2) is 27.0 Å². The van der Waals surface area contributed by atoms with Gasteiger partial charge in [-0.2, -0.15) is 15.0 Å². The third-order valence-electron chi connectivity index (χ3n) is 7.13. The molecular formula is C27H32N6S. The number of aromatic nitrogens is 3. The van der Waals surface area contributed by atoms with Crippen molar-refractivity contribution in [2.45, 2.75) is 86.1 Å². The summed E-state index contributed by atoms with van der Waals surface area (Å²) in [6.45, 7) is 0. The summed E-state index contributed by atoms with van der Waals surface area (Å²) in [5.74, 6) is 2.04. The lowest BCUT2D eigenvalue weighted by molar-refractivity contribution is 0.458. The van der Waals surface area contributed by atoms with Crippen LogP contribution in [0.4, 0.5) is 29.2 Å². The SMILES string of the molecule is c1ccc2c(c1)Sc1ccccc1N2c1nc(NC2CCCCC2)nc(NC2CCCCC2)n1. The van der Waals surface area contributed by atoms with E-state index in [2.05, 4.69) is 64.1 Å². The monoisotopic (exact) mass is 472 g/mol. The van der Waals surface area contributed by atoms with Gasteiger partial charge in [0, 0.05) is 21.9 Å². The second kappa shape index (κ2) is 9.82. The molecule has 0 atom stereocenters. The van der Waals surface area contributed by atoms with Crippen molar-refractivity contribution in [3.05, 3.63) is 48.5 Å². The highest BCUT2D eigenvalue weighted by Gasteiger charge is 2.28. The van der Waals surface area contributed by atoms with Gasteiger partial charge in [-0.1, -0.05) is 74.6 Å². The Labute approximate surface area is 206 Å². The van der Waals surface area contributed by atoms with Crippen molar-refractivity contribution in [3.63, 3.8) is 0 Å². The van der Waals surface area contributed by atoms with Crippen molar-refractivity contribution < 1.29 is 0 Å². The number of para-hydroxylation sites is 2. The van der Waals surface area contributed by atoms with E-state index in [4.69, 9.17) is 15.0 Å². The first kappa shape index (κ1) is 21.7. The fourth-order valence-corrected chi connectivity index (χ4v) is 6.43. The molecular weight excluding hydrogens is 440 g/mol. The number of anilines is 5. The van der Waals surface area contributed by atoms with Gasteiger partial charge in [0.25, 0.3) is 0 Å². The highest BCUT2D eigenvalue weighted by molar-refractivity contribution is 7.99. The first-order valence-electron chi connectivity index (χ1n) is 12.8. The fraction of sp³-hybridized carbons (Fsp3) is 0.444. The van der Waals surface area contributed by atoms with Gasteiger partial charge in [-0.3, -0.25) is 4.90 Å². The maximum atomic E-state index is 4.99. The largest absolute Gasteiger partial charge is 0.351 e. The lowest BCUT2D eigenvalue weighted by atomic mass is 9.96. The van der Waals surface area contributed by atoms with Crippen molar-refractivity contribution in [3.8, 4) is 0 Å². The van der Waals surface area contributed by atoms with Crippen molar-refractivity contribution in [1.82, 2.24) is 15.0 Å². The summed E-state index contributed by atoms with van der Waals surface area (Å²) in [6.07, 6.45) is 12.5. The molecule has 2 heterocycles. The number of nitrogens with one attached hydrogen (secondary N) is 2. The quantitative estimate of drug-likeness (QED) is 0.316. The molecule has 0 unspecified atom stereocenters. The number of hydrogen-bond donors (Lipinski definition) is 2. The number of fused-ring (bicyclic) bond motifs is 2. The summed E-state index contributed by atoms with van der Waals surface area (Å²) in [6, 6.07) is 17.9. The van der Waals surface area contributed by atoms with Crippen molar-refractivity contribution >= 4 is 41.0 Å². The predicted octanol–water partition coefficient (Wildman–Crippen LogP) is 7.30. The summed E-state index contributed by atoms with van der Waals surface area (Å²) >= 11 is 1.80. The van der Waals surface area contributed by atoms with E-state index in [9.17, 15) is 0 Å². The summed E-state index contributed by atoms with van der Waals surface area (Å²) in [4.78, 5) is 19.4. The van der Waals surface area contributed by atoms with Crippen LogP contribution in [0.5, 0.6) is 0 Å². The zero-order valence-corrected chi connectivity index (χ0v) is 20.4. The summed E-state index contributed by atoms with van der Waals surface area (Å²) in [5.41, 5.74) is 2.23. The minimum absolute atomic E-state index is 0.433. The van der Waals surface area contributed by atoms with E-state index < -0.39 is 0 Å². The molecule has 3 aromatic rings. The van der Waals surface area contributed by atoms with Gasteiger partial charge in [0.1, 0.15) is 0 Å². The molecule has 0 radical (unpaired) electrons. The second-order valence-corrected chi connectivity index (χ2v) is 10.7. The highest BCUT2D eigenvalue weighted by Crippen LogP contribution is 2.50. The smallest absolute Gasteiger partial charge is 0.241 e. The Morgan fingerprint density at radius 3 is 1.59 bits per heavy atom. The second-order valence-electron chi connectivity index (χ2n) is 9.61. The summed E-state index contributed by atoms with van der Waals surface area (Å²) in [5, 5.41) is 7.30. The Morgan fingerprint density at radius 1 is 0.618 bits per heavy atom.